The van der Waals surface area contributed by atoms with E-state index in [0.29, 0.717) is 11.0 Å². The van der Waals surface area contributed by atoms with Gasteiger partial charge in [0.1, 0.15) is 0 Å². The Labute approximate surface area is 134 Å². The molecule has 4 nitrogen and oxygen atoms in total. The molecule has 0 heterocycles. The molecule has 20 heavy (non-hydrogen) atoms. The predicted octanol–water partition coefficient (Wildman–Crippen LogP) is 2.59. The van der Waals surface area contributed by atoms with Crippen LogP contribution in [0.1, 0.15) is 18.9 Å². The molecule has 1 aromatic carbocycles. The SMILES string of the molecule is CCCNCc1ccc(S(=O)(=O)NCCSC)c(Br)c1. The number of benzene rings is 1. The van der Waals surface area contributed by atoms with Gasteiger partial charge < -0.3 is 5.32 Å². The van der Waals surface area contributed by atoms with Gasteiger partial charge in [-0.1, -0.05) is 13.0 Å². The highest BCUT2D eigenvalue weighted by atomic mass is 79.9. The van der Waals surface area contributed by atoms with E-state index in [9.17, 15) is 8.42 Å². The fourth-order valence-corrected chi connectivity index (χ4v) is 4.23. The van der Waals surface area contributed by atoms with Crippen LogP contribution in [0.3, 0.4) is 0 Å². The van der Waals surface area contributed by atoms with Gasteiger partial charge in [-0.25, -0.2) is 13.1 Å². The topological polar surface area (TPSA) is 58.2 Å². The zero-order chi connectivity index (χ0) is 15.0. The molecule has 0 aliphatic carbocycles. The molecule has 2 N–H and O–H groups in total. The lowest BCUT2D eigenvalue weighted by Gasteiger charge is -2.10. The van der Waals surface area contributed by atoms with Crippen molar-refractivity contribution in [3.63, 3.8) is 0 Å². The molecule has 1 aromatic rings. The van der Waals surface area contributed by atoms with E-state index in [0.717, 1.165) is 30.8 Å². The second kappa shape index (κ2) is 9.04. The van der Waals surface area contributed by atoms with Crippen LogP contribution in [-0.4, -0.2) is 33.5 Å². The van der Waals surface area contributed by atoms with Crippen LogP contribution in [0.4, 0.5) is 0 Å². The van der Waals surface area contributed by atoms with Gasteiger partial charge >= 0.3 is 0 Å². The molecule has 0 spiro atoms. The Morgan fingerprint density at radius 3 is 2.65 bits per heavy atom. The standard InChI is InChI=1S/C13H21BrN2O2S2/c1-3-6-15-10-11-4-5-13(12(14)9-11)20(17,18)16-7-8-19-2/h4-5,9,15-16H,3,6-8,10H2,1-2H3. The monoisotopic (exact) mass is 380 g/mol. The van der Waals surface area contributed by atoms with Gasteiger partial charge in [0, 0.05) is 23.3 Å². The highest BCUT2D eigenvalue weighted by molar-refractivity contribution is 9.10. The van der Waals surface area contributed by atoms with Crippen molar-refractivity contribution in [3.8, 4) is 0 Å². The minimum Gasteiger partial charge on any atom is -0.313 e. The van der Waals surface area contributed by atoms with Gasteiger partial charge in [-0.15, -0.1) is 0 Å². The molecule has 0 radical (unpaired) electrons. The highest BCUT2D eigenvalue weighted by Gasteiger charge is 2.17. The molecule has 0 fully saturated rings. The summed E-state index contributed by atoms with van der Waals surface area (Å²) in [7, 11) is -3.44. The van der Waals surface area contributed by atoms with Crippen LogP contribution in [-0.2, 0) is 16.6 Å². The van der Waals surface area contributed by atoms with Crippen LogP contribution in [0.5, 0.6) is 0 Å². The molecular formula is C13H21BrN2O2S2. The van der Waals surface area contributed by atoms with E-state index in [4.69, 9.17) is 0 Å². The van der Waals surface area contributed by atoms with Crippen molar-refractivity contribution in [2.45, 2.75) is 24.8 Å². The second-order valence-electron chi connectivity index (χ2n) is 4.33. The van der Waals surface area contributed by atoms with E-state index < -0.39 is 10.0 Å². The first kappa shape index (κ1) is 18.0. The molecule has 0 saturated carbocycles. The van der Waals surface area contributed by atoms with Crippen molar-refractivity contribution in [3.05, 3.63) is 28.2 Å². The van der Waals surface area contributed by atoms with Crippen molar-refractivity contribution in [2.24, 2.45) is 0 Å². The van der Waals surface area contributed by atoms with Crippen LogP contribution in [0.25, 0.3) is 0 Å². The van der Waals surface area contributed by atoms with E-state index in [1.165, 1.54) is 0 Å². The third-order valence-corrected chi connectivity index (χ3v) is 5.69. The highest BCUT2D eigenvalue weighted by Crippen LogP contribution is 2.23. The normalized spacial score (nSPS) is 11.8. The van der Waals surface area contributed by atoms with Crippen molar-refractivity contribution < 1.29 is 8.42 Å². The summed E-state index contributed by atoms with van der Waals surface area (Å²) in [6.45, 7) is 4.25. The van der Waals surface area contributed by atoms with Crippen LogP contribution in [0, 0.1) is 0 Å². The van der Waals surface area contributed by atoms with Crippen molar-refractivity contribution in [2.75, 3.05) is 25.1 Å². The molecule has 0 aliphatic rings. The first-order valence-electron chi connectivity index (χ1n) is 6.49. The summed E-state index contributed by atoms with van der Waals surface area (Å²) in [6, 6.07) is 5.34. The molecular weight excluding hydrogens is 360 g/mol. The molecule has 0 aliphatic heterocycles. The van der Waals surface area contributed by atoms with E-state index >= 15 is 0 Å². The zero-order valence-corrected chi connectivity index (χ0v) is 15.0. The molecule has 0 bridgehead atoms. The number of halogens is 1. The van der Waals surface area contributed by atoms with Crippen molar-refractivity contribution >= 4 is 37.7 Å². The summed E-state index contributed by atoms with van der Waals surface area (Å²) in [5.41, 5.74) is 1.06. The minimum atomic E-state index is -3.44. The van der Waals surface area contributed by atoms with E-state index in [-0.39, 0.29) is 4.90 Å². The third kappa shape index (κ3) is 5.73. The summed E-state index contributed by atoms with van der Waals surface area (Å²) in [5.74, 6) is 0.760. The van der Waals surface area contributed by atoms with E-state index in [1.54, 1.807) is 17.8 Å². The molecule has 0 unspecified atom stereocenters. The van der Waals surface area contributed by atoms with Gasteiger partial charge in [-0.3, -0.25) is 0 Å². The van der Waals surface area contributed by atoms with Crippen LogP contribution >= 0.6 is 27.7 Å². The van der Waals surface area contributed by atoms with Gasteiger partial charge in [0.05, 0.1) is 4.90 Å². The van der Waals surface area contributed by atoms with E-state index in [2.05, 4.69) is 32.9 Å². The quantitative estimate of drug-likeness (QED) is 0.646. The minimum absolute atomic E-state index is 0.290. The lowest BCUT2D eigenvalue weighted by atomic mass is 10.2. The van der Waals surface area contributed by atoms with Gasteiger partial charge in [0.25, 0.3) is 0 Å². The fraction of sp³-hybridized carbons (Fsp3) is 0.538. The maximum atomic E-state index is 12.1. The summed E-state index contributed by atoms with van der Waals surface area (Å²) >= 11 is 4.96. The Bertz CT molecular complexity index is 521. The van der Waals surface area contributed by atoms with Gasteiger partial charge in [-0.05, 0) is 52.8 Å². The molecule has 0 atom stereocenters. The van der Waals surface area contributed by atoms with Crippen molar-refractivity contribution in [1.82, 2.24) is 10.0 Å². The first-order chi connectivity index (χ1) is 9.51. The first-order valence-corrected chi connectivity index (χ1v) is 10.2. The summed E-state index contributed by atoms with van der Waals surface area (Å²) < 4.78 is 27.5. The van der Waals surface area contributed by atoms with Crippen LogP contribution in [0.2, 0.25) is 0 Å². The molecule has 1 rings (SSSR count). The molecule has 0 amide bonds. The summed E-state index contributed by atoms with van der Waals surface area (Å²) in [4.78, 5) is 0.290. The number of rotatable bonds is 9. The average Bonchev–Trinajstić information content (AvgIpc) is 2.39. The Kier molecular flexibility index (Phi) is 8.13. The fourth-order valence-electron chi connectivity index (χ4n) is 1.64. The smallest absolute Gasteiger partial charge is 0.241 e. The Morgan fingerprint density at radius 1 is 1.30 bits per heavy atom. The van der Waals surface area contributed by atoms with Gasteiger partial charge in [0.2, 0.25) is 10.0 Å². The Morgan fingerprint density at radius 2 is 2.05 bits per heavy atom. The number of hydrogen-bond acceptors (Lipinski definition) is 4. The van der Waals surface area contributed by atoms with Crippen LogP contribution in [0.15, 0.2) is 27.6 Å². The maximum Gasteiger partial charge on any atom is 0.241 e. The summed E-state index contributed by atoms with van der Waals surface area (Å²) in [6.07, 6.45) is 3.02. The lowest BCUT2D eigenvalue weighted by molar-refractivity contribution is 0.583. The Hall–Kier alpha value is -0.0800. The van der Waals surface area contributed by atoms with Crippen molar-refractivity contribution in [1.29, 1.82) is 0 Å². The van der Waals surface area contributed by atoms with Crippen LogP contribution < -0.4 is 10.0 Å². The Balaban J connectivity index is 2.76. The molecule has 114 valence electrons. The van der Waals surface area contributed by atoms with E-state index in [1.807, 2.05) is 18.4 Å². The van der Waals surface area contributed by atoms with Gasteiger partial charge in [-0.2, -0.15) is 11.8 Å². The molecule has 7 heteroatoms. The largest absolute Gasteiger partial charge is 0.313 e. The third-order valence-electron chi connectivity index (χ3n) is 2.64. The number of thioether (sulfide) groups is 1. The maximum absolute atomic E-state index is 12.1. The van der Waals surface area contributed by atoms with Gasteiger partial charge in [0.15, 0.2) is 0 Å². The second-order valence-corrected chi connectivity index (χ2v) is 7.91. The number of nitrogens with one attached hydrogen (secondary N) is 2. The average molecular weight is 381 g/mol. The lowest BCUT2D eigenvalue weighted by Crippen LogP contribution is -2.26. The zero-order valence-electron chi connectivity index (χ0n) is 11.8. The molecule has 0 saturated heterocycles. The summed E-state index contributed by atoms with van der Waals surface area (Å²) in [5, 5.41) is 3.29. The predicted molar refractivity (Wildman–Crippen MR) is 89.7 cm³/mol. The number of sulfonamides is 1. The number of hydrogen-bond donors (Lipinski definition) is 2. The molecule has 0 aromatic heterocycles.